The smallest absolute Gasteiger partial charge is 0.255 e. The molecule has 1 heterocycles. The van der Waals surface area contributed by atoms with Gasteiger partial charge < -0.3 is 26.0 Å². The van der Waals surface area contributed by atoms with E-state index in [1.807, 2.05) is 36.8 Å². The number of Topliss-reactive ketones (excluding diaryl/α,β-unsaturated/α-hetero) is 2. The SMILES string of the molecule is CN(C)c1cc(CN2CCSCC2)c(O)c2c1CC1CC3C(C(=O)C(C(N)=O)=C(O)[C@H]3N(C)C)C(=O)C1=C2O. The molecule has 0 aromatic heterocycles. The number of aliphatic hydroxyl groups excluding tert-OH is 2. The number of nitrogens with zero attached hydrogens (tertiary/aromatic N) is 3. The summed E-state index contributed by atoms with van der Waals surface area (Å²) in [6.45, 7) is 2.31. The molecule has 3 aliphatic carbocycles. The molecule has 1 aromatic carbocycles. The zero-order chi connectivity index (χ0) is 28.3. The van der Waals surface area contributed by atoms with Gasteiger partial charge in [-0.25, -0.2) is 0 Å². The maximum absolute atomic E-state index is 14.0. The van der Waals surface area contributed by atoms with E-state index in [-0.39, 0.29) is 22.6 Å². The molecule has 0 bridgehead atoms. The largest absolute Gasteiger partial charge is 0.510 e. The Balaban J connectivity index is 1.63. The summed E-state index contributed by atoms with van der Waals surface area (Å²) in [4.78, 5) is 45.4. The van der Waals surface area contributed by atoms with Crippen LogP contribution in [0.15, 0.2) is 23.0 Å². The first-order chi connectivity index (χ1) is 18.4. The van der Waals surface area contributed by atoms with Gasteiger partial charge in [-0.3, -0.25) is 24.2 Å². The van der Waals surface area contributed by atoms with Crippen molar-refractivity contribution in [2.45, 2.75) is 25.4 Å². The molecule has 2 fully saturated rings. The number of aromatic hydroxyl groups is 1. The molecule has 0 spiro atoms. The van der Waals surface area contributed by atoms with Crippen molar-refractivity contribution in [1.29, 1.82) is 0 Å². The number of carbonyl (C=O) groups is 3. The number of phenolic OH excluding ortho intramolecular Hbond substituents is 1. The Labute approximate surface area is 232 Å². The lowest BCUT2D eigenvalue weighted by Crippen LogP contribution is -2.55. The van der Waals surface area contributed by atoms with Crippen LogP contribution in [0, 0.1) is 17.8 Å². The number of anilines is 1. The maximum atomic E-state index is 14.0. The van der Waals surface area contributed by atoms with Crippen LogP contribution in [-0.2, 0) is 27.3 Å². The number of ketones is 2. The number of benzene rings is 1. The predicted octanol–water partition coefficient (Wildman–Crippen LogP) is 1.46. The second kappa shape index (κ2) is 10.2. The Morgan fingerprint density at radius 2 is 1.77 bits per heavy atom. The van der Waals surface area contributed by atoms with Crippen LogP contribution in [-0.4, -0.2) is 101 Å². The van der Waals surface area contributed by atoms with Crippen molar-refractivity contribution in [2.24, 2.45) is 23.5 Å². The monoisotopic (exact) mass is 556 g/mol. The summed E-state index contributed by atoms with van der Waals surface area (Å²) in [7, 11) is 7.23. The summed E-state index contributed by atoms with van der Waals surface area (Å²) < 4.78 is 0. The highest BCUT2D eigenvalue weighted by Crippen LogP contribution is 2.52. The summed E-state index contributed by atoms with van der Waals surface area (Å²) in [5.74, 6) is -3.50. The molecule has 1 aliphatic heterocycles. The van der Waals surface area contributed by atoms with Crippen LogP contribution in [0.2, 0.25) is 0 Å². The number of thioether (sulfide) groups is 1. The fraction of sp³-hybridized carbons (Fsp3) is 0.536. The Morgan fingerprint density at radius 1 is 1.10 bits per heavy atom. The van der Waals surface area contributed by atoms with E-state index in [1.165, 1.54) is 0 Å². The first-order valence-corrected chi connectivity index (χ1v) is 14.4. The van der Waals surface area contributed by atoms with Crippen molar-refractivity contribution in [2.75, 3.05) is 57.7 Å². The van der Waals surface area contributed by atoms with Gasteiger partial charge in [-0.2, -0.15) is 11.8 Å². The van der Waals surface area contributed by atoms with Crippen LogP contribution in [0.3, 0.4) is 0 Å². The van der Waals surface area contributed by atoms with Gasteiger partial charge in [-0.05, 0) is 50.4 Å². The number of amides is 1. The Hall–Kier alpha value is -3.02. The number of primary amides is 1. The third kappa shape index (κ3) is 4.40. The average Bonchev–Trinajstić information content (AvgIpc) is 2.85. The van der Waals surface area contributed by atoms with Crippen LogP contribution in [0.5, 0.6) is 5.75 Å². The van der Waals surface area contributed by atoms with Gasteiger partial charge in [0.25, 0.3) is 5.91 Å². The average molecular weight is 557 g/mol. The fourth-order valence-corrected chi connectivity index (χ4v) is 7.87. The standard InChI is InChI=1S/C28H36N4O6S/c1-30(2)17-11-14(12-32-5-7-39-8-6-32)23(33)19-15(17)9-13-10-16-20(25(35)18(13)24(19)34)26(36)21(28(29)38)27(37)22(16)31(3)4/h11,13,16,20,22,33-34,37H,5-10,12H2,1-4H3,(H2,29,38)/t13?,16?,20?,22-/m0/s1. The third-order valence-corrected chi connectivity index (χ3v) is 9.54. The molecule has 4 aliphatic rings. The topological polar surface area (TPSA) is 148 Å². The Kier molecular flexibility index (Phi) is 7.19. The van der Waals surface area contributed by atoms with E-state index < -0.39 is 52.6 Å². The summed E-state index contributed by atoms with van der Waals surface area (Å²) in [5, 5.41) is 33.9. The lowest BCUT2D eigenvalue weighted by molar-refractivity contribution is -0.136. The van der Waals surface area contributed by atoms with Crippen LogP contribution in [0.4, 0.5) is 5.69 Å². The molecular formula is C28H36N4O6S. The minimum Gasteiger partial charge on any atom is -0.510 e. The number of nitrogens with two attached hydrogens (primary N) is 1. The maximum Gasteiger partial charge on any atom is 0.255 e. The number of likely N-dealkylation sites (N-methyl/N-ethyl adjacent to an activating group) is 1. The number of hydrogen-bond acceptors (Lipinski definition) is 10. The van der Waals surface area contributed by atoms with Gasteiger partial charge in [-0.15, -0.1) is 0 Å². The first-order valence-electron chi connectivity index (χ1n) is 13.2. The van der Waals surface area contributed by atoms with Crippen molar-refractivity contribution in [3.8, 4) is 5.75 Å². The van der Waals surface area contributed by atoms with Crippen LogP contribution < -0.4 is 10.6 Å². The number of hydrogen-bond donors (Lipinski definition) is 4. The Bertz CT molecular complexity index is 1310. The van der Waals surface area contributed by atoms with Gasteiger partial charge in [-0.1, -0.05) is 0 Å². The molecule has 5 N–H and O–H groups in total. The van der Waals surface area contributed by atoms with E-state index in [1.54, 1.807) is 19.0 Å². The number of carbonyl (C=O) groups excluding carboxylic acids is 3. The highest BCUT2D eigenvalue weighted by Gasteiger charge is 2.56. The zero-order valence-electron chi connectivity index (χ0n) is 22.7. The second-order valence-corrected chi connectivity index (χ2v) is 12.6. The molecule has 4 atom stereocenters. The van der Waals surface area contributed by atoms with E-state index >= 15 is 0 Å². The highest BCUT2D eigenvalue weighted by atomic mass is 32.2. The number of aliphatic hydroxyl groups is 2. The minimum atomic E-state index is -1.25. The quantitative estimate of drug-likeness (QED) is 0.310. The molecule has 1 saturated carbocycles. The molecular weight excluding hydrogens is 520 g/mol. The van der Waals surface area contributed by atoms with Gasteiger partial charge in [0.15, 0.2) is 11.6 Å². The van der Waals surface area contributed by atoms with Crippen LogP contribution in [0.25, 0.3) is 5.76 Å². The predicted molar refractivity (Wildman–Crippen MR) is 150 cm³/mol. The normalized spacial score (nSPS) is 27.4. The van der Waals surface area contributed by atoms with Crippen molar-refractivity contribution in [3.05, 3.63) is 39.7 Å². The molecule has 3 unspecified atom stereocenters. The van der Waals surface area contributed by atoms with Crippen LogP contribution in [0.1, 0.15) is 23.1 Å². The zero-order valence-corrected chi connectivity index (χ0v) is 23.5. The minimum absolute atomic E-state index is 0.0521. The Morgan fingerprint density at radius 3 is 2.36 bits per heavy atom. The third-order valence-electron chi connectivity index (χ3n) is 8.60. The summed E-state index contributed by atoms with van der Waals surface area (Å²) in [5.41, 5.74) is 7.50. The number of fused-ring (bicyclic) bond motifs is 3. The van der Waals surface area contributed by atoms with Gasteiger partial charge in [0.2, 0.25) is 0 Å². The summed E-state index contributed by atoms with van der Waals surface area (Å²) in [6.07, 6.45) is 0.716. The molecule has 5 rings (SSSR count). The molecule has 1 aromatic rings. The molecule has 1 amide bonds. The lowest BCUT2D eigenvalue weighted by atomic mass is 9.59. The van der Waals surface area contributed by atoms with E-state index in [0.29, 0.717) is 24.9 Å². The van der Waals surface area contributed by atoms with E-state index in [0.717, 1.165) is 35.8 Å². The van der Waals surface area contributed by atoms with E-state index in [4.69, 9.17) is 5.73 Å². The van der Waals surface area contributed by atoms with Crippen molar-refractivity contribution >= 4 is 40.7 Å². The first kappa shape index (κ1) is 27.5. The van der Waals surface area contributed by atoms with Crippen molar-refractivity contribution in [3.63, 3.8) is 0 Å². The number of phenols is 1. The van der Waals surface area contributed by atoms with E-state index in [9.17, 15) is 29.7 Å². The summed E-state index contributed by atoms with van der Waals surface area (Å²) >= 11 is 1.89. The van der Waals surface area contributed by atoms with Gasteiger partial charge in [0.05, 0.1) is 17.5 Å². The number of allylic oxidation sites excluding steroid dienone is 1. The molecule has 1 saturated heterocycles. The van der Waals surface area contributed by atoms with Crippen LogP contribution >= 0.6 is 11.8 Å². The molecule has 11 heteroatoms. The fourth-order valence-electron chi connectivity index (χ4n) is 6.89. The molecule has 0 radical (unpaired) electrons. The molecule has 10 nitrogen and oxygen atoms in total. The van der Waals surface area contributed by atoms with E-state index in [2.05, 4.69) is 4.90 Å². The lowest BCUT2D eigenvalue weighted by Gasteiger charge is -2.46. The number of rotatable bonds is 5. The summed E-state index contributed by atoms with van der Waals surface area (Å²) in [6, 6.07) is 1.21. The van der Waals surface area contributed by atoms with Crippen molar-refractivity contribution in [1.82, 2.24) is 9.80 Å². The second-order valence-electron chi connectivity index (χ2n) is 11.3. The molecule has 210 valence electrons. The molecule has 39 heavy (non-hydrogen) atoms. The van der Waals surface area contributed by atoms with Crippen molar-refractivity contribution < 1.29 is 29.7 Å². The van der Waals surface area contributed by atoms with Gasteiger partial charge in [0, 0.05) is 62.1 Å². The highest BCUT2D eigenvalue weighted by molar-refractivity contribution is 7.99. The van der Waals surface area contributed by atoms with Gasteiger partial charge >= 0.3 is 0 Å². The van der Waals surface area contributed by atoms with Gasteiger partial charge in [0.1, 0.15) is 22.8 Å².